The number of hydrazine groups is 1. The number of aryl methyl sites for hydroxylation is 1. The molecule has 82 valence electrons. The lowest BCUT2D eigenvalue weighted by Crippen LogP contribution is -2.48. The van der Waals surface area contributed by atoms with Gasteiger partial charge >= 0.3 is 0 Å². The van der Waals surface area contributed by atoms with Gasteiger partial charge in [-0.3, -0.25) is 0 Å². The highest BCUT2D eigenvalue weighted by molar-refractivity contribution is 7.80. The van der Waals surface area contributed by atoms with Crippen LogP contribution in [-0.2, 0) is 0 Å². The molecule has 0 atom stereocenters. The van der Waals surface area contributed by atoms with Gasteiger partial charge in [0.25, 0.3) is 0 Å². The Bertz CT molecular complexity index is 336. The summed E-state index contributed by atoms with van der Waals surface area (Å²) in [5.74, 6) is 0. The Morgan fingerprint density at radius 3 is 2.13 bits per heavy atom. The van der Waals surface area contributed by atoms with Crippen molar-refractivity contribution in [2.45, 2.75) is 33.2 Å². The lowest BCUT2D eigenvalue weighted by Gasteiger charge is -2.22. The quantitative estimate of drug-likeness (QED) is 0.594. The van der Waals surface area contributed by atoms with Crippen LogP contribution in [0.1, 0.15) is 31.9 Å². The lowest BCUT2D eigenvalue weighted by atomic mass is 10.1. The van der Waals surface area contributed by atoms with Gasteiger partial charge in [-0.25, -0.2) is 5.43 Å². The van der Waals surface area contributed by atoms with Gasteiger partial charge in [0.15, 0.2) is 0 Å². The van der Waals surface area contributed by atoms with Crippen molar-refractivity contribution in [3.63, 3.8) is 0 Å². The Kier molecular flexibility index (Phi) is 3.83. The fourth-order valence-electron chi connectivity index (χ4n) is 1.02. The highest BCUT2D eigenvalue weighted by Gasteiger charge is 2.09. The number of hydrogen-bond donors (Lipinski definition) is 2. The van der Waals surface area contributed by atoms with Crippen molar-refractivity contribution in [3.8, 4) is 0 Å². The highest BCUT2D eigenvalue weighted by Crippen LogP contribution is 2.04. The molecule has 15 heavy (non-hydrogen) atoms. The van der Waals surface area contributed by atoms with E-state index in [2.05, 4.69) is 50.7 Å². The predicted molar refractivity (Wildman–Crippen MR) is 68.9 cm³/mol. The largest absolute Gasteiger partial charge is 0.311 e. The normalized spacial score (nSPS) is 11.2. The summed E-state index contributed by atoms with van der Waals surface area (Å²) in [7, 11) is 0. The van der Waals surface area contributed by atoms with Crippen LogP contribution in [0.4, 0.5) is 0 Å². The van der Waals surface area contributed by atoms with Gasteiger partial charge in [0, 0.05) is 11.1 Å². The average molecular weight is 222 g/mol. The van der Waals surface area contributed by atoms with Gasteiger partial charge in [0.05, 0.1) is 0 Å². The Morgan fingerprint density at radius 2 is 1.67 bits per heavy atom. The van der Waals surface area contributed by atoms with E-state index in [1.807, 2.05) is 12.1 Å². The van der Waals surface area contributed by atoms with E-state index < -0.39 is 0 Å². The first-order chi connectivity index (χ1) is 6.88. The van der Waals surface area contributed by atoms with E-state index in [4.69, 9.17) is 12.2 Å². The maximum atomic E-state index is 5.26. The van der Waals surface area contributed by atoms with Crippen LogP contribution in [0.2, 0.25) is 0 Å². The average Bonchev–Trinajstić information content (AvgIpc) is 2.14. The molecule has 1 aromatic carbocycles. The third-order valence-electron chi connectivity index (χ3n) is 1.86. The molecule has 2 N–H and O–H groups in total. The first-order valence-electron chi connectivity index (χ1n) is 5.03. The van der Waals surface area contributed by atoms with E-state index in [1.54, 1.807) is 0 Å². The maximum Gasteiger partial charge on any atom is 0.120 e. The van der Waals surface area contributed by atoms with Gasteiger partial charge in [0.2, 0.25) is 0 Å². The minimum atomic E-state index is 0.00869. The summed E-state index contributed by atoms with van der Waals surface area (Å²) in [6.45, 7) is 8.31. The molecule has 0 aliphatic carbocycles. The van der Waals surface area contributed by atoms with Gasteiger partial charge in [-0.05, 0) is 27.7 Å². The molecule has 1 rings (SSSR count). The predicted octanol–water partition coefficient (Wildman–Crippen LogP) is 2.56. The standard InChI is InChI=1S/C12H18N2S/c1-9-5-7-10(8-6-9)11(15)13-14-12(2,3)4/h5-8,14H,1-4H3,(H,13,15). The minimum absolute atomic E-state index is 0.00869. The SMILES string of the molecule is Cc1ccc(C(=S)NNC(C)(C)C)cc1. The van der Waals surface area contributed by atoms with Crippen LogP contribution in [-0.4, -0.2) is 10.5 Å². The van der Waals surface area contributed by atoms with E-state index >= 15 is 0 Å². The van der Waals surface area contributed by atoms with Crippen LogP contribution in [0.5, 0.6) is 0 Å². The Balaban J connectivity index is 2.58. The second kappa shape index (κ2) is 4.73. The van der Waals surface area contributed by atoms with Crippen molar-refractivity contribution < 1.29 is 0 Å². The van der Waals surface area contributed by atoms with Crippen molar-refractivity contribution in [2.24, 2.45) is 0 Å². The van der Waals surface area contributed by atoms with Gasteiger partial charge in [0.1, 0.15) is 4.99 Å². The molecule has 3 heteroatoms. The topological polar surface area (TPSA) is 24.1 Å². The zero-order valence-electron chi connectivity index (χ0n) is 9.72. The number of hydrogen-bond acceptors (Lipinski definition) is 2. The molecular weight excluding hydrogens is 204 g/mol. The van der Waals surface area contributed by atoms with Crippen LogP contribution < -0.4 is 10.9 Å². The van der Waals surface area contributed by atoms with Gasteiger partial charge in [-0.15, -0.1) is 0 Å². The Hall–Kier alpha value is -0.930. The number of benzene rings is 1. The Labute approximate surface area is 97.0 Å². The molecule has 0 aliphatic heterocycles. The zero-order valence-corrected chi connectivity index (χ0v) is 10.5. The summed E-state index contributed by atoms with van der Waals surface area (Å²) < 4.78 is 0. The summed E-state index contributed by atoms with van der Waals surface area (Å²) in [6.07, 6.45) is 0. The smallest absolute Gasteiger partial charge is 0.120 e. The molecule has 0 saturated carbocycles. The third kappa shape index (κ3) is 4.40. The Morgan fingerprint density at radius 1 is 1.13 bits per heavy atom. The van der Waals surface area contributed by atoms with Gasteiger partial charge in [-0.2, -0.15) is 0 Å². The maximum absolute atomic E-state index is 5.26. The van der Waals surface area contributed by atoms with E-state index in [0.29, 0.717) is 0 Å². The molecule has 0 unspecified atom stereocenters. The summed E-state index contributed by atoms with van der Waals surface area (Å²) in [5, 5.41) is 0. The highest BCUT2D eigenvalue weighted by atomic mass is 32.1. The van der Waals surface area contributed by atoms with Crippen molar-refractivity contribution in [1.29, 1.82) is 0 Å². The summed E-state index contributed by atoms with van der Waals surface area (Å²) in [4.78, 5) is 0.727. The number of nitrogens with one attached hydrogen (secondary N) is 2. The van der Waals surface area contributed by atoms with Crippen molar-refractivity contribution in [3.05, 3.63) is 35.4 Å². The lowest BCUT2D eigenvalue weighted by molar-refractivity contribution is 0.405. The number of thiocarbonyl (C=S) groups is 1. The van der Waals surface area contributed by atoms with Crippen LogP contribution >= 0.6 is 12.2 Å². The van der Waals surface area contributed by atoms with E-state index in [1.165, 1.54) is 5.56 Å². The van der Waals surface area contributed by atoms with E-state index in [9.17, 15) is 0 Å². The third-order valence-corrected chi connectivity index (χ3v) is 2.20. The fourth-order valence-corrected chi connectivity index (χ4v) is 1.21. The minimum Gasteiger partial charge on any atom is -0.311 e. The molecule has 0 spiro atoms. The summed E-state index contributed by atoms with van der Waals surface area (Å²) >= 11 is 5.26. The molecule has 0 radical (unpaired) electrons. The van der Waals surface area contributed by atoms with E-state index in [-0.39, 0.29) is 5.54 Å². The number of rotatable bonds is 2. The first kappa shape index (κ1) is 12.1. The van der Waals surface area contributed by atoms with Crippen molar-refractivity contribution >= 4 is 17.2 Å². The first-order valence-corrected chi connectivity index (χ1v) is 5.43. The second-order valence-electron chi connectivity index (χ2n) is 4.70. The summed E-state index contributed by atoms with van der Waals surface area (Å²) in [6, 6.07) is 8.16. The van der Waals surface area contributed by atoms with Crippen LogP contribution in [0.3, 0.4) is 0 Å². The molecule has 0 bridgehead atoms. The van der Waals surface area contributed by atoms with Crippen LogP contribution in [0.15, 0.2) is 24.3 Å². The molecule has 0 aliphatic rings. The molecule has 0 fully saturated rings. The van der Waals surface area contributed by atoms with Crippen LogP contribution in [0, 0.1) is 6.92 Å². The second-order valence-corrected chi connectivity index (χ2v) is 5.10. The van der Waals surface area contributed by atoms with Gasteiger partial charge < -0.3 is 5.43 Å². The molecule has 0 amide bonds. The van der Waals surface area contributed by atoms with Crippen molar-refractivity contribution in [1.82, 2.24) is 10.9 Å². The fraction of sp³-hybridized carbons (Fsp3) is 0.417. The molecule has 2 nitrogen and oxygen atoms in total. The van der Waals surface area contributed by atoms with Crippen molar-refractivity contribution in [2.75, 3.05) is 0 Å². The monoisotopic (exact) mass is 222 g/mol. The molecule has 1 aromatic rings. The van der Waals surface area contributed by atoms with Gasteiger partial charge in [-0.1, -0.05) is 42.0 Å². The molecule has 0 saturated heterocycles. The van der Waals surface area contributed by atoms with E-state index in [0.717, 1.165) is 10.6 Å². The molecular formula is C12H18N2S. The van der Waals surface area contributed by atoms with Crippen LogP contribution in [0.25, 0.3) is 0 Å². The molecule has 0 aromatic heterocycles. The summed E-state index contributed by atoms with van der Waals surface area (Å²) in [5.41, 5.74) is 8.47. The molecule has 0 heterocycles. The zero-order chi connectivity index (χ0) is 11.5.